The molecule has 7 nitrogen and oxygen atoms in total. The normalized spacial score (nSPS) is 19.6. The van der Waals surface area contributed by atoms with Gasteiger partial charge < -0.3 is 15.0 Å². The van der Waals surface area contributed by atoms with Crippen molar-refractivity contribution in [3.05, 3.63) is 29.8 Å². The van der Waals surface area contributed by atoms with Crippen LogP contribution in [0.4, 0.5) is 4.79 Å². The van der Waals surface area contributed by atoms with E-state index in [2.05, 4.69) is 10.6 Å². The van der Waals surface area contributed by atoms with E-state index >= 15 is 0 Å². The molecule has 4 amide bonds. The average molecular weight is 331 g/mol. The average Bonchev–Trinajstić information content (AvgIpc) is 3.35. The molecule has 1 saturated heterocycles. The van der Waals surface area contributed by atoms with Crippen molar-refractivity contribution < 1.29 is 19.1 Å². The van der Waals surface area contributed by atoms with Gasteiger partial charge in [-0.05, 0) is 25.3 Å². The smallest absolute Gasteiger partial charge is 0.322 e. The monoisotopic (exact) mass is 331 g/mol. The molecule has 0 aromatic heterocycles. The van der Waals surface area contributed by atoms with Crippen molar-refractivity contribution in [2.75, 3.05) is 7.11 Å². The van der Waals surface area contributed by atoms with Crippen molar-refractivity contribution in [3.8, 4) is 5.75 Å². The number of benzene rings is 1. The minimum absolute atomic E-state index is 0.00245. The van der Waals surface area contributed by atoms with Crippen molar-refractivity contribution in [3.63, 3.8) is 0 Å². The summed E-state index contributed by atoms with van der Waals surface area (Å²) < 4.78 is 5.35. The van der Waals surface area contributed by atoms with Crippen LogP contribution < -0.4 is 15.4 Å². The lowest BCUT2D eigenvalue weighted by atomic mass is 10.1. The number of nitrogens with zero attached hydrogens (tertiary/aromatic N) is 1. The highest BCUT2D eigenvalue weighted by Crippen LogP contribution is 2.31. The zero-order valence-corrected chi connectivity index (χ0v) is 13.6. The predicted molar refractivity (Wildman–Crippen MR) is 86.3 cm³/mol. The maximum atomic E-state index is 12.6. The van der Waals surface area contributed by atoms with Crippen molar-refractivity contribution in [1.29, 1.82) is 0 Å². The van der Waals surface area contributed by atoms with Crippen LogP contribution in [0.25, 0.3) is 0 Å². The van der Waals surface area contributed by atoms with E-state index in [1.807, 2.05) is 29.2 Å². The molecule has 3 rings (SSSR count). The second kappa shape index (κ2) is 6.90. The Kier molecular flexibility index (Phi) is 4.69. The van der Waals surface area contributed by atoms with Gasteiger partial charge in [-0.2, -0.15) is 0 Å². The summed E-state index contributed by atoms with van der Waals surface area (Å²) in [5.74, 6) is 0.395. The Labute approximate surface area is 140 Å². The lowest BCUT2D eigenvalue weighted by molar-refractivity contribution is -0.132. The fourth-order valence-corrected chi connectivity index (χ4v) is 2.90. The third-order valence-corrected chi connectivity index (χ3v) is 4.35. The summed E-state index contributed by atoms with van der Waals surface area (Å²) in [5.41, 5.74) is 0.965. The summed E-state index contributed by atoms with van der Waals surface area (Å²) in [7, 11) is 1.61. The predicted octanol–water partition coefficient (Wildman–Crippen LogP) is 1.17. The molecular formula is C17H21N3O4. The van der Waals surface area contributed by atoms with Gasteiger partial charge in [0.15, 0.2) is 0 Å². The lowest BCUT2D eigenvalue weighted by Gasteiger charge is -2.24. The van der Waals surface area contributed by atoms with E-state index in [-0.39, 0.29) is 24.3 Å². The topological polar surface area (TPSA) is 87.7 Å². The van der Waals surface area contributed by atoms with Crippen molar-refractivity contribution in [2.45, 2.75) is 44.3 Å². The fraction of sp³-hybridized carbons (Fsp3) is 0.471. The van der Waals surface area contributed by atoms with Gasteiger partial charge in [-0.15, -0.1) is 0 Å². The highest BCUT2D eigenvalue weighted by Gasteiger charge is 2.35. The first-order chi connectivity index (χ1) is 11.6. The molecule has 2 aliphatic rings. The van der Waals surface area contributed by atoms with Gasteiger partial charge in [-0.1, -0.05) is 18.2 Å². The molecule has 128 valence electrons. The number of methoxy groups -OCH3 is 1. The molecule has 1 aliphatic heterocycles. The van der Waals surface area contributed by atoms with Gasteiger partial charge in [0.2, 0.25) is 5.91 Å². The lowest BCUT2D eigenvalue weighted by Crippen LogP contribution is -2.35. The van der Waals surface area contributed by atoms with Crippen LogP contribution in [-0.4, -0.2) is 41.9 Å². The highest BCUT2D eigenvalue weighted by atomic mass is 16.5. The van der Waals surface area contributed by atoms with Crippen LogP contribution in [-0.2, 0) is 16.1 Å². The van der Waals surface area contributed by atoms with Gasteiger partial charge >= 0.3 is 6.03 Å². The van der Waals surface area contributed by atoms with Crippen LogP contribution in [0, 0.1) is 0 Å². The third-order valence-electron chi connectivity index (χ3n) is 4.35. The van der Waals surface area contributed by atoms with Crippen molar-refractivity contribution in [1.82, 2.24) is 15.5 Å². The highest BCUT2D eigenvalue weighted by molar-refractivity contribution is 6.04. The van der Waals surface area contributed by atoms with Gasteiger partial charge in [0.05, 0.1) is 7.11 Å². The third kappa shape index (κ3) is 3.67. The Morgan fingerprint density at radius 2 is 2.04 bits per heavy atom. The number of ether oxygens (including phenoxy) is 1. The number of carbonyl (C=O) groups excluding carboxylic acids is 3. The van der Waals surface area contributed by atoms with Gasteiger partial charge in [-0.25, -0.2) is 4.79 Å². The largest absolute Gasteiger partial charge is 0.496 e. The minimum Gasteiger partial charge on any atom is -0.496 e. The summed E-state index contributed by atoms with van der Waals surface area (Å²) >= 11 is 0. The molecule has 7 heteroatoms. The van der Waals surface area contributed by atoms with Crippen molar-refractivity contribution in [2.24, 2.45) is 0 Å². The van der Waals surface area contributed by atoms with Crippen LogP contribution >= 0.6 is 0 Å². The molecule has 0 unspecified atom stereocenters. The van der Waals surface area contributed by atoms with E-state index < -0.39 is 12.1 Å². The molecule has 1 aromatic carbocycles. The first kappa shape index (κ1) is 16.3. The van der Waals surface area contributed by atoms with E-state index in [1.165, 1.54) is 0 Å². The summed E-state index contributed by atoms with van der Waals surface area (Å²) in [6.07, 6.45) is 2.54. The van der Waals surface area contributed by atoms with E-state index in [0.29, 0.717) is 13.0 Å². The Balaban J connectivity index is 1.62. The molecular weight excluding hydrogens is 310 g/mol. The first-order valence-corrected chi connectivity index (χ1v) is 8.11. The number of hydrogen-bond donors (Lipinski definition) is 2. The van der Waals surface area contributed by atoms with Gasteiger partial charge in [0.1, 0.15) is 11.8 Å². The van der Waals surface area contributed by atoms with E-state index in [0.717, 1.165) is 24.2 Å². The maximum absolute atomic E-state index is 12.6. The van der Waals surface area contributed by atoms with E-state index in [9.17, 15) is 14.4 Å². The molecule has 1 aromatic rings. The Morgan fingerprint density at radius 1 is 1.29 bits per heavy atom. The number of rotatable bonds is 7. The second-order valence-electron chi connectivity index (χ2n) is 6.12. The van der Waals surface area contributed by atoms with Gasteiger partial charge in [0.25, 0.3) is 5.91 Å². The molecule has 2 fully saturated rings. The number of para-hydroxylation sites is 1. The standard InChI is InChI=1S/C17H21N3O4/c1-24-14-5-3-2-4-11(14)10-20(12-6-7-12)15(21)9-8-13-16(22)19-17(23)18-13/h2-5,12-13H,6-10H2,1H3,(H2,18,19,22,23)/t13-/m0/s1. The Morgan fingerprint density at radius 3 is 2.67 bits per heavy atom. The van der Waals surface area contributed by atoms with Crippen LogP contribution in [0.15, 0.2) is 24.3 Å². The molecule has 1 saturated carbocycles. The van der Waals surface area contributed by atoms with Crippen LogP contribution in [0.1, 0.15) is 31.2 Å². The quantitative estimate of drug-likeness (QED) is 0.734. The minimum atomic E-state index is -0.617. The summed E-state index contributed by atoms with van der Waals surface area (Å²) in [5, 5.41) is 4.70. The van der Waals surface area contributed by atoms with Gasteiger partial charge in [-0.3, -0.25) is 14.9 Å². The van der Waals surface area contributed by atoms with Crippen LogP contribution in [0.3, 0.4) is 0 Å². The Hall–Kier alpha value is -2.57. The summed E-state index contributed by atoms with van der Waals surface area (Å²) in [6, 6.07) is 6.79. The molecule has 1 aliphatic carbocycles. The SMILES string of the molecule is COc1ccccc1CN(C(=O)CC[C@@H]1NC(=O)NC1=O)C1CC1. The molecule has 0 radical (unpaired) electrons. The van der Waals surface area contributed by atoms with E-state index in [4.69, 9.17) is 4.74 Å². The van der Waals surface area contributed by atoms with Gasteiger partial charge in [0, 0.05) is 24.6 Å². The molecule has 1 atom stereocenters. The first-order valence-electron chi connectivity index (χ1n) is 8.11. The van der Waals surface area contributed by atoms with Crippen LogP contribution in [0.5, 0.6) is 5.75 Å². The molecule has 1 heterocycles. The molecule has 0 bridgehead atoms. The number of nitrogens with one attached hydrogen (secondary N) is 2. The molecule has 0 spiro atoms. The second-order valence-corrected chi connectivity index (χ2v) is 6.12. The fourth-order valence-electron chi connectivity index (χ4n) is 2.90. The summed E-state index contributed by atoms with van der Waals surface area (Å²) in [6.45, 7) is 0.497. The van der Waals surface area contributed by atoms with E-state index in [1.54, 1.807) is 7.11 Å². The number of carbonyl (C=O) groups is 3. The summed E-state index contributed by atoms with van der Waals surface area (Å²) in [4.78, 5) is 37.1. The number of urea groups is 1. The maximum Gasteiger partial charge on any atom is 0.322 e. The van der Waals surface area contributed by atoms with Crippen molar-refractivity contribution >= 4 is 17.8 Å². The molecule has 2 N–H and O–H groups in total. The number of imide groups is 1. The zero-order valence-electron chi connectivity index (χ0n) is 13.6. The molecule has 24 heavy (non-hydrogen) atoms. The number of hydrogen-bond acceptors (Lipinski definition) is 4. The Bertz CT molecular complexity index is 657. The zero-order chi connectivity index (χ0) is 17.1. The van der Waals surface area contributed by atoms with Crippen LogP contribution in [0.2, 0.25) is 0 Å². The number of amides is 4.